The molecule has 1 atom stereocenters. The third kappa shape index (κ3) is 0.708. The van der Waals surface area contributed by atoms with E-state index in [9.17, 15) is 0 Å². The van der Waals surface area contributed by atoms with Crippen LogP contribution in [0.4, 0.5) is 0 Å². The highest BCUT2D eigenvalue weighted by Crippen LogP contribution is 2.10. The van der Waals surface area contributed by atoms with Crippen LogP contribution < -0.4 is 0 Å². The maximum atomic E-state index is 4.15. The lowest BCUT2D eigenvalue weighted by molar-refractivity contribution is 0.950. The molecule has 10 heavy (non-hydrogen) atoms. The highest BCUT2D eigenvalue weighted by Gasteiger charge is 2.16. The van der Waals surface area contributed by atoms with Crippen molar-refractivity contribution in [3.05, 3.63) is 11.6 Å². The Hall–Kier alpha value is -1.25. The normalized spacial score (nSPS) is 27.9. The van der Waals surface area contributed by atoms with E-state index in [1.165, 1.54) is 0 Å². The lowest BCUT2D eigenvalue weighted by Gasteiger charge is -2.06. The maximum Gasteiger partial charge on any atom is 0.183 e. The van der Waals surface area contributed by atoms with Gasteiger partial charge in [0.15, 0.2) is 6.17 Å². The van der Waals surface area contributed by atoms with Gasteiger partial charge in [-0.15, -0.1) is 0 Å². The van der Waals surface area contributed by atoms with Crippen LogP contribution >= 0.6 is 0 Å². The Morgan fingerprint density at radius 2 is 2.30 bits per heavy atom. The number of hydrogen-bond acceptors (Lipinski definition) is 3. The molecule has 0 aromatic carbocycles. The zero-order chi connectivity index (χ0) is 6.97. The quantitative estimate of drug-likeness (QED) is 0.469. The topological polar surface area (TPSA) is 37.1 Å². The van der Waals surface area contributed by atoms with Gasteiger partial charge in [0.1, 0.15) is 6.34 Å². The highest BCUT2D eigenvalue weighted by molar-refractivity contribution is 6.11. The number of allylic oxidation sites excluding steroid dienone is 1. The van der Waals surface area contributed by atoms with Gasteiger partial charge < -0.3 is 0 Å². The summed E-state index contributed by atoms with van der Waals surface area (Å²) in [6, 6.07) is 0. The first kappa shape index (κ1) is 5.53. The van der Waals surface area contributed by atoms with Gasteiger partial charge in [-0.2, -0.15) is 0 Å². The van der Waals surface area contributed by atoms with Crippen LogP contribution in [-0.4, -0.2) is 24.4 Å². The predicted molar refractivity (Wildman–Crippen MR) is 42.0 cm³/mol. The van der Waals surface area contributed by atoms with Crippen molar-refractivity contribution in [3.8, 4) is 0 Å². The van der Waals surface area contributed by atoms with Crippen molar-refractivity contribution in [2.24, 2.45) is 15.0 Å². The van der Waals surface area contributed by atoms with Crippen molar-refractivity contribution in [2.75, 3.05) is 0 Å². The van der Waals surface area contributed by atoms with Gasteiger partial charge in [0.05, 0.1) is 5.71 Å². The van der Waals surface area contributed by atoms with Crippen molar-refractivity contribution in [1.82, 2.24) is 0 Å². The van der Waals surface area contributed by atoms with Crippen LogP contribution in [0, 0.1) is 0 Å². The fraction of sp³-hybridized carbons (Fsp3) is 0.286. The second-order valence-electron chi connectivity index (χ2n) is 2.36. The van der Waals surface area contributed by atoms with Gasteiger partial charge in [0.25, 0.3) is 0 Å². The summed E-state index contributed by atoms with van der Waals surface area (Å²) in [6.45, 7) is 2.00. The Morgan fingerprint density at radius 1 is 1.40 bits per heavy atom. The minimum Gasteiger partial charge on any atom is -0.260 e. The van der Waals surface area contributed by atoms with E-state index in [1.807, 2.05) is 19.2 Å². The maximum absolute atomic E-state index is 4.15. The molecule has 0 aromatic rings. The third-order valence-corrected chi connectivity index (χ3v) is 1.47. The van der Waals surface area contributed by atoms with E-state index in [4.69, 9.17) is 0 Å². The second kappa shape index (κ2) is 1.87. The molecule has 3 heteroatoms. The fourth-order valence-electron chi connectivity index (χ4n) is 0.992. The van der Waals surface area contributed by atoms with Crippen molar-refractivity contribution < 1.29 is 0 Å². The predicted octanol–water partition coefficient (Wildman–Crippen LogP) is 0.826. The molecular weight excluding hydrogens is 126 g/mol. The third-order valence-electron chi connectivity index (χ3n) is 1.47. The SMILES string of the molecule is CC1=CC2=NC=NC2N=C1. The van der Waals surface area contributed by atoms with Crippen LogP contribution in [0.1, 0.15) is 6.92 Å². The van der Waals surface area contributed by atoms with Gasteiger partial charge in [-0.3, -0.25) is 4.99 Å². The Balaban J connectivity index is 2.39. The molecule has 2 rings (SSSR count). The Morgan fingerprint density at radius 3 is 3.20 bits per heavy atom. The number of nitrogens with zero attached hydrogens (tertiary/aromatic N) is 3. The van der Waals surface area contributed by atoms with E-state index in [2.05, 4.69) is 15.0 Å². The van der Waals surface area contributed by atoms with Crippen molar-refractivity contribution >= 4 is 18.3 Å². The lowest BCUT2D eigenvalue weighted by atomic mass is 10.1. The Bertz CT molecular complexity index is 271. The Labute approximate surface area is 58.9 Å². The summed E-state index contributed by atoms with van der Waals surface area (Å²) in [5.74, 6) is 0. The van der Waals surface area contributed by atoms with Crippen LogP contribution in [0.2, 0.25) is 0 Å². The molecule has 0 fully saturated rings. The van der Waals surface area contributed by atoms with Crippen LogP contribution in [-0.2, 0) is 0 Å². The summed E-state index contributed by atoms with van der Waals surface area (Å²) in [5, 5.41) is 0. The van der Waals surface area contributed by atoms with Crippen LogP contribution in [0.15, 0.2) is 26.6 Å². The lowest BCUT2D eigenvalue weighted by Crippen LogP contribution is -2.14. The van der Waals surface area contributed by atoms with E-state index in [-0.39, 0.29) is 6.17 Å². The average molecular weight is 133 g/mol. The smallest absolute Gasteiger partial charge is 0.183 e. The van der Waals surface area contributed by atoms with Gasteiger partial charge >= 0.3 is 0 Å². The van der Waals surface area contributed by atoms with Crippen LogP contribution in [0.5, 0.6) is 0 Å². The molecule has 0 aliphatic carbocycles. The van der Waals surface area contributed by atoms with Gasteiger partial charge in [-0.05, 0) is 18.6 Å². The molecule has 0 spiro atoms. The summed E-state index contributed by atoms with van der Waals surface area (Å²) in [5.41, 5.74) is 2.10. The fourth-order valence-corrected chi connectivity index (χ4v) is 0.992. The van der Waals surface area contributed by atoms with Crippen LogP contribution in [0.3, 0.4) is 0 Å². The molecule has 2 heterocycles. The first-order valence-corrected chi connectivity index (χ1v) is 3.17. The zero-order valence-corrected chi connectivity index (χ0v) is 5.65. The van der Waals surface area contributed by atoms with E-state index in [1.54, 1.807) is 6.34 Å². The number of rotatable bonds is 0. The molecule has 1 unspecified atom stereocenters. The minimum absolute atomic E-state index is 0.0382. The van der Waals surface area contributed by atoms with Gasteiger partial charge in [-0.1, -0.05) is 0 Å². The highest BCUT2D eigenvalue weighted by atomic mass is 15.1. The Kier molecular flexibility index (Phi) is 1.03. The number of fused-ring (bicyclic) bond motifs is 1. The first-order chi connectivity index (χ1) is 4.86. The molecule has 2 aliphatic heterocycles. The molecule has 3 nitrogen and oxygen atoms in total. The summed E-state index contributed by atoms with van der Waals surface area (Å²) in [7, 11) is 0. The van der Waals surface area contributed by atoms with Crippen molar-refractivity contribution in [1.29, 1.82) is 0 Å². The number of hydrogen-bond donors (Lipinski definition) is 0. The van der Waals surface area contributed by atoms with Crippen molar-refractivity contribution in [3.63, 3.8) is 0 Å². The second-order valence-corrected chi connectivity index (χ2v) is 2.36. The van der Waals surface area contributed by atoms with Crippen molar-refractivity contribution in [2.45, 2.75) is 13.1 Å². The summed E-state index contributed by atoms with van der Waals surface area (Å²) in [6.07, 6.45) is 5.35. The largest absolute Gasteiger partial charge is 0.260 e. The van der Waals surface area contributed by atoms with Gasteiger partial charge in [-0.25, -0.2) is 9.98 Å². The van der Waals surface area contributed by atoms with E-state index < -0.39 is 0 Å². The molecule has 0 aromatic heterocycles. The summed E-state index contributed by atoms with van der Waals surface area (Å²) in [4.78, 5) is 12.2. The molecule has 0 saturated carbocycles. The number of dihydropyridines is 1. The average Bonchev–Trinajstić information content (AvgIpc) is 2.33. The molecule has 0 N–H and O–H groups in total. The molecule has 0 bridgehead atoms. The summed E-state index contributed by atoms with van der Waals surface area (Å²) < 4.78 is 0. The molecule has 0 saturated heterocycles. The van der Waals surface area contributed by atoms with E-state index in [0.29, 0.717) is 0 Å². The minimum atomic E-state index is -0.0382. The van der Waals surface area contributed by atoms with Gasteiger partial charge in [0.2, 0.25) is 0 Å². The molecule has 50 valence electrons. The first-order valence-electron chi connectivity index (χ1n) is 3.17. The molecule has 0 radical (unpaired) electrons. The monoisotopic (exact) mass is 133 g/mol. The van der Waals surface area contributed by atoms with Crippen LogP contribution in [0.25, 0.3) is 0 Å². The zero-order valence-electron chi connectivity index (χ0n) is 5.65. The molecule has 2 aliphatic rings. The molecular formula is C7H7N3. The van der Waals surface area contributed by atoms with Gasteiger partial charge in [0, 0.05) is 6.21 Å². The number of aliphatic imine (C=N–C) groups is 3. The standard InChI is InChI=1S/C7H7N3/c1-5-2-6-7(8-3-5)10-4-9-6/h2-4,7H,1H3. The molecule has 0 amide bonds. The van der Waals surface area contributed by atoms with E-state index in [0.717, 1.165) is 11.3 Å². The summed E-state index contributed by atoms with van der Waals surface area (Å²) >= 11 is 0. The van der Waals surface area contributed by atoms with E-state index >= 15 is 0 Å².